The molecule has 0 atom stereocenters. The molecule has 543 valence electrons. The number of hydrogen-bond acceptors (Lipinski definition) is 12. The van der Waals surface area contributed by atoms with Crippen LogP contribution >= 0.6 is 0 Å². The third-order valence-corrected chi connectivity index (χ3v) is 17.5. The Labute approximate surface area is 623 Å². The fourth-order valence-electron chi connectivity index (χ4n) is 11.9. The van der Waals surface area contributed by atoms with Crippen molar-refractivity contribution in [3.8, 4) is 33.8 Å². The molecule has 1 radical (unpaired) electrons. The Balaban J connectivity index is 0.000000148. The minimum Gasteiger partial charge on any atom is -0.478 e. The Morgan fingerprint density at radius 2 is 0.491 bits per heavy atom. The van der Waals surface area contributed by atoms with Crippen LogP contribution in [0.5, 0.6) is 0 Å². The SMILES string of the molecule is CC(C)(C)c1c[c-]c(N2[CH-]N(c3ccccc3)c3c(-c4ccccc4)nc(C(F)(F)F)nc32)cc1.CC(C)(C)c1c[c-]c(N2[CH-]N(c3ccccc3)c3c(-c4ccccc4)nc(C(F)(F)F)nc32)cc1.CC(C)(C)c1c[c-]c(N2[CH-]N(c3ccccc3)c3c(-c4ccccc4)nc(C(F)(F)F)nc32)cc1.[Ir]. The summed E-state index contributed by atoms with van der Waals surface area (Å²) in [6.45, 7) is 24.1. The van der Waals surface area contributed by atoms with Crippen molar-refractivity contribution < 1.29 is 59.6 Å². The first-order chi connectivity index (χ1) is 49.9. The molecule has 22 heteroatoms. The average molecular weight is 1610 g/mol. The van der Waals surface area contributed by atoms with Gasteiger partial charge in [0.25, 0.3) is 0 Å². The third-order valence-electron chi connectivity index (χ3n) is 17.5. The smallest absolute Gasteiger partial charge is 0.451 e. The summed E-state index contributed by atoms with van der Waals surface area (Å²) in [4.78, 5) is 34.4. The standard InChI is InChI=1S/3C28H23F3N4.Ir/c3*1-27(2,3)20-14-16-22(17-15-20)35-18-34(21-12-8-5-9-13-21)24-23(19-10-6-4-7-11-19)32-26(28(29,30)31)33-25(24)35;/h3*4-16,18H,1-3H3;/q3*-2;. The van der Waals surface area contributed by atoms with Gasteiger partial charge in [0.15, 0.2) is 0 Å². The number of alkyl halides is 9. The molecule has 0 spiro atoms. The topological polar surface area (TPSA) is 96.8 Å². The van der Waals surface area contributed by atoms with Gasteiger partial charge in [-0.1, -0.05) is 224 Å². The van der Waals surface area contributed by atoms with Crippen LogP contribution in [0.1, 0.15) is 96.5 Å². The normalized spacial score (nSPS) is 13.6. The Bertz CT molecular complexity index is 4500. The number of nitrogens with zero attached hydrogens (tertiary/aromatic N) is 12. The summed E-state index contributed by atoms with van der Waals surface area (Å²) < 4.78 is 125. The van der Waals surface area contributed by atoms with Crippen LogP contribution in [0.15, 0.2) is 237 Å². The zero-order valence-corrected chi connectivity index (χ0v) is 61.2. The van der Waals surface area contributed by atoms with Gasteiger partial charge >= 0.3 is 18.5 Å². The van der Waals surface area contributed by atoms with E-state index < -0.39 is 36.0 Å². The average Bonchev–Trinajstić information content (AvgIpc) is 1.58. The quantitative estimate of drug-likeness (QED) is 0.102. The van der Waals surface area contributed by atoms with Crippen LogP contribution in [-0.4, -0.2) is 29.9 Å². The van der Waals surface area contributed by atoms with Crippen LogP contribution in [0.4, 0.5) is 108 Å². The van der Waals surface area contributed by atoms with E-state index >= 15 is 0 Å². The molecule has 12 nitrogen and oxygen atoms in total. The Kier molecular flexibility index (Phi) is 20.8. The summed E-state index contributed by atoms with van der Waals surface area (Å²) >= 11 is 0. The van der Waals surface area contributed by atoms with Crippen LogP contribution in [0.2, 0.25) is 0 Å². The second-order valence-corrected chi connectivity index (χ2v) is 28.0. The van der Waals surface area contributed by atoms with Gasteiger partial charge in [0.05, 0.1) is 34.1 Å². The number of hydrogen-bond donors (Lipinski definition) is 0. The maximum Gasteiger partial charge on any atom is 0.451 e. The van der Waals surface area contributed by atoms with Gasteiger partial charge in [-0.05, 0) is 36.4 Å². The van der Waals surface area contributed by atoms with Crippen molar-refractivity contribution in [2.45, 2.75) is 97.1 Å². The molecule has 0 fully saturated rings. The Hall–Kier alpha value is -11.0. The van der Waals surface area contributed by atoms with Gasteiger partial charge in [-0.2, -0.15) is 111 Å². The zero-order valence-electron chi connectivity index (χ0n) is 58.9. The number of fused-ring (bicyclic) bond motifs is 3. The van der Waals surface area contributed by atoms with Crippen LogP contribution in [0.25, 0.3) is 33.8 Å². The molecular formula is C84H69F9IrN12-6. The maximum atomic E-state index is 13.9. The molecule has 0 bridgehead atoms. The van der Waals surface area contributed by atoms with Gasteiger partial charge in [-0.15, -0.1) is 55.3 Å². The van der Waals surface area contributed by atoms with Gasteiger partial charge < -0.3 is 29.4 Å². The van der Waals surface area contributed by atoms with Gasteiger partial charge in [-0.25, -0.2) is 29.9 Å². The second kappa shape index (κ2) is 29.5. The Morgan fingerprint density at radius 1 is 0.274 bits per heavy atom. The summed E-state index contributed by atoms with van der Waals surface area (Å²) in [6, 6.07) is 81.7. The first-order valence-electron chi connectivity index (χ1n) is 33.5. The Morgan fingerprint density at radius 3 is 0.679 bits per heavy atom. The molecule has 15 rings (SSSR count). The summed E-state index contributed by atoms with van der Waals surface area (Å²) in [5.74, 6) is -3.11. The fourth-order valence-corrected chi connectivity index (χ4v) is 11.9. The molecule has 0 N–H and O–H groups in total. The molecule has 6 heterocycles. The number of rotatable bonds is 9. The van der Waals surface area contributed by atoms with Crippen molar-refractivity contribution in [3.63, 3.8) is 0 Å². The van der Waals surface area contributed by atoms with Crippen molar-refractivity contribution in [3.05, 3.63) is 309 Å². The van der Waals surface area contributed by atoms with Crippen LogP contribution < -0.4 is 29.4 Å². The summed E-state index contributed by atoms with van der Waals surface area (Å²) in [7, 11) is 0. The molecular weight excluding hydrogens is 1540 g/mol. The number of para-hydroxylation sites is 3. The molecule has 0 saturated heterocycles. The van der Waals surface area contributed by atoms with Crippen molar-refractivity contribution in [1.82, 2.24) is 29.9 Å². The molecule has 9 aromatic carbocycles. The van der Waals surface area contributed by atoms with Gasteiger partial charge in [0.2, 0.25) is 17.5 Å². The molecule has 0 saturated carbocycles. The minimum atomic E-state index is -4.70. The van der Waals surface area contributed by atoms with E-state index in [1.807, 2.05) is 178 Å². The van der Waals surface area contributed by atoms with Gasteiger partial charge in [0, 0.05) is 53.9 Å². The van der Waals surface area contributed by atoms with Crippen molar-refractivity contribution in [1.29, 1.82) is 0 Å². The predicted molar refractivity (Wildman–Crippen MR) is 394 cm³/mol. The third kappa shape index (κ3) is 15.8. The van der Waals surface area contributed by atoms with E-state index in [0.29, 0.717) is 50.8 Å². The van der Waals surface area contributed by atoms with E-state index in [2.05, 4.69) is 110 Å². The van der Waals surface area contributed by atoms with E-state index in [1.165, 1.54) is 0 Å². The number of benzene rings is 9. The molecule has 3 aliphatic rings. The number of aromatic nitrogens is 6. The second-order valence-electron chi connectivity index (χ2n) is 28.0. The zero-order chi connectivity index (χ0) is 74.4. The summed E-state index contributed by atoms with van der Waals surface area (Å²) in [5.41, 5.74) is 10.8. The largest absolute Gasteiger partial charge is 0.478 e. The molecule has 12 aromatic rings. The van der Waals surface area contributed by atoms with Crippen molar-refractivity contribution in [2.75, 3.05) is 29.4 Å². The summed E-state index contributed by atoms with van der Waals surface area (Å²) in [5, 5.41) is 0. The number of anilines is 12. The van der Waals surface area contributed by atoms with Gasteiger partial charge in [-0.3, -0.25) is 0 Å². The van der Waals surface area contributed by atoms with E-state index in [4.69, 9.17) is 0 Å². The number of halogens is 9. The monoisotopic (exact) mass is 1610 g/mol. The van der Waals surface area contributed by atoms with Gasteiger partial charge in [0.1, 0.15) is 17.5 Å². The molecule has 0 aliphatic carbocycles. The molecule has 0 amide bonds. The summed E-state index contributed by atoms with van der Waals surface area (Å²) in [6.07, 6.45) is -14.1. The van der Waals surface area contributed by atoms with Crippen LogP contribution in [0.3, 0.4) is 0 Å². The van der Waals surface area contributed by atoms with E-state index in [9.17, 15) is 39.5 Å². The van der Waals surface area contributed by atoms with E-state index in [-0.39, 0.29) is 70.9 Å². The molecule has 3 aromatic heterocycles. The minimum absolute atomic E-state index is 0. The van der Waals surface area contributed by atoms with E-state index in [1.54, 1.807) is 108 Å². The van der Waals surface area contributed by atoms with E-state index in [0.717, 1.165) is 33.8 Å². The van der Waals surface area contributed by atoms with Crippen molar-refractivity contribution >= 4 is 68.6 Å². The van der Waals surface area contributed by atoms with Crippen LogP contribution in [-0.2, 0) is 54.9 Å². The van der Waals surface area contributed by atoms with Crippen molar-refractivity contribution in [2.24, 2.45) is 0 Å². The van der Waals surface area contributed by atoms with Crippen LogP contribution in [0, 0.1) is 38.2 Å². The fraction of sp³-hybridized carbons (Fsp3) is 0.179. The molecule has 0 unspecified atom stereocenters. The predicted octanol–water partition coefficient (Wildman–Crippen LogP) is 23.0. The molecule has 106 heavy (non-hydrogen) atoms. The first-order valence-corrected chi connectivity index (χ1v) is 33.5. The molecule has 3 aliphatic heterocycles. The maximum absolute atomic E-state index is 13.9. The first kappa shape index (κ1) is 74.7.